The minimum absolute atomic E-state index is 0.0620. The van der Waals surface area contributed by atoms with Gasteiger partial charge in [0, 0.05) is 42.7 Å². The number of nitrogens with one attached hydrogen (secondary N) is 1. The molecule has 1 atom stereocenters. The molecule has 1 saturated heterocycles. The number of amides is 1. The quantitative estimate of drug-likeness (QED) is 0.757. The van der Waals surface area contributed by atoms with Crippen molar-refractivity contribution in [3.05, 3.63) is 60.0 Å². The van der Waals surface area contributed by atoms with Gasteiger partial charge in [-0.25, -0.2) is 9.97 Å². The highest BCUT2D eigenvalue weighted by atomic mass is 16.2. The number of H-pyrrole nitrogens is 1. The normalized spacial score (nSPS) is 17.2. The van der Waals surface area contributed by atoms with E-state index in [1.165, 1.54) is 6.20 Å². The van der Waals surface area contributed by atoms with Gasteiger partial charge in [0.25, 0.3) is 5.91 Å². The Hall–Kier alpha value is -3.22. The van der Waals surface area contributed by atoms with E-state index in [0.29, 0.717) is 17.8 Å². The molecular formula is C19H20N6O. The Labute approximate surface area is 151 Å². The number of nitrogens with two attached hydrogens (primary N) is 1. The zero-order valence-corrected chi connectivity index (χ0v) is 14.3. The van der Waals surface area contributed by atoms with Crippen molar-refractivity contribution in [2.75, 3.05) is 18.8 Å². The largest absolute Gasteiger partial charge is 0.368 e. The number of hydrogen-bond acceptors (Lipinski definition) is 5. The molecule has 132 valence electrons. The summed E-state index contributed by atoms with van der Waals surface area (Å²) in [5.74, 6) is 0.368. The maximum atomic E-state index is 13.2. The van der Waals surface area contributed by atoms with Crippen LogP contribution in [0.2, 0.25) is 0 Å². The molecule has 0 saturated carbocycles. The van der Waals surface area contributed by atoms with Gasteiger partial charge in [-0.3, -0.25) is 9.89 Å². The van der Waals surface area contributed by atoms with E-state index in [-0.39, 0.29) is 17.8 Å². The summed E-state index contributed by atoms with van der Waals surface area (Å²) in [5.41, 5.74) is 8.75. The van der Waals surface area contributed by atoms with Gasteiger partial charge in [-0.2, -0.15) is 5.10 Å². The molecule has 7 nitrogen and oxygen atoms in total. The molecule has 2 aromatic heterocycles. The van der Waals surface area contributed by atoms with Gasteiger partial charge in [-0.1, -0.05) is 30.3 Å². The third-order valence-electron chi connectivity index (χ3n) is 4.76. The van der Waals surface area contributed by atoms with Gasteiger partial charge in [-0.05, 0) is 18.9 Å². The molecule has 3 heterocycles. The van der Waals surface area contributed by atoms with Crippen molar-refractivity contribution in [1.82, 2.24) is 25.1 Å². The van der Waals surface area contributed by atoms with Crippen molar-refractivity contribution in [3.8, 4) is 11.3 Å². The van der Waals surface area contributed by atoms with Crippen LogP contribution in [0.4, 0.5) is 5.95 Å². The van der Waals surface area contributed by atoms with Crippen molar-refractivity contribution in [3.63, 3.8) is 0 Å². The second-order valence-electron chi connectivity index (χ2n) is 6.46. The molecule has 3 N–H and O–H groups in total. The SMILES string of the molecule is Nc1ncc(C(=O)N2CCCC(c3ccn[nH]3)C2)c(-c2ccccc2)n1. The lowest BCUT2D eigenvalue weighted by atomic mass is 9.94. The maximum Gasteiger partial charge on any atom is 0.257 e. The highest BCUT2D eigenvalue weighted by molar-refractivity contribution is 5.99. The van der Waals surface area contributed by atoms with Crippen molar-refractivity contribution >= 4 is 11.9 Å². The highest BCUT2D eigenvalue weighted by Crippen LogP contribution is 2.28. The number of anilines is 1. The van der Waals surface area contributed by atoms with E-state index >= 15 is 0 Å². The minimum atomic E-state index is -0.0620. The molecule has 1 aliphatic heterocycles. The van der Waals surface area contributed by atoms with Gasteiger partial charge >= 0.3 is 0 Å². The summed E-state index contributed by atoms with van der Waals surface area (Å²) in [4.78, 5) is 23.5. The number of nitrogen functional groups attached to an aromatic ring is 1. The molecule has 1 unspecified atom stereocenters. The fraction of sp³-hybridized carbons (Fsp3) is 0.263. The molecular weight excluding hydrogens is 328 g/mol. The summed E-state index contributed by atoms with van der Waals surface area (Å²) in [6, 6.07) is 11.6. The van der Waals surface area contributed by atoms with Gasteiger partial charge in [0.15, 0.2) is 0 Å². The number of piperidine rings is 1. The monoisotopic (exact) mass is 348 g/mol. The number of nitrogens with zero attached hydrogens (tertiary/aromatic N) is 4. The summed E-state index contributed by atoms with van der Waals surface area (Å²) in [6.07, 6.45) is 5.27. The fourth-order valence-electron chi connectivity index (χ4n) is 3.45. The Morgan fingerprint density at radius 3 is 2.85 bits per heavy atom. The topological polar surface area (TPSA) is 101 Å². The van der Waals surface area contributed by atoms with E-state index in [1.807, 2.05) is 41.3 Å². The number of benzene rings is 1. The van der Waals surface area contributed by atoms with Gasteiger partial charge in [0.2, 0.25) is 5.95 Å². The van der Waals surface area contributed by atoms with Crippen LogP contribution in [0.1, 0.15) is 34.8 Å². The molecule has 1 aromatic carbocycles. The molecule has 26 heavy (non-hydrogen) atoms. The minimum Gasteiger partial charge on any atom is -0.368 e. The molecule has 3 aromatic rings. The maximum absolute atomic E-state index is 13.2. The lowest BCUT2D eigenvalue weighted by molar-refractivity contribution is 0.0706. The van der Waals surface area contributed by atoms with E-state index in [9.17, 15) is 4.79 Å². The predicted molar refractivity (Wildman–Crippen MR) is 98.3 cm³/mol. The van der Waals surface area contributed by atoms with Gasteiger partial charge in [-0.15, -0.1) is 0 Å². The zero-order valence-electron chi connectivity index (χ0n) is 14.3. The van der Waals surface area contributed by atoms with Crippen LogP contribution in [-0.4, -0.2) is 44.1 Å². The second-order valence-corrected chi connectivity index (χ2v) is 6.46. The summed E-state index contributed by atoms with van der Waals surface area (Å²) in [5, 5.41) is 7.05. The molecule has 0 spiro atoms. The van der Waals surface area contributed by atoms with Crippen molar-refractivity contribution in [2.45, 2.75) is 18.8 Å². The molecule has 1 amide bonds. The van der Waals surface area contributed by atoms with Crippen molar-refractivity contribution in [1.29, 1.82) is 0 Å². The average Bonchev–Trinajstić information content (AvgIpc) is 3.23. The van der Waals surface area contributed by atoms with E-state index in [0.717, 1.165) is 30.6 Å². The number of hydrogen-bond donors (Lipinski definition) is 2. The third-order valence-corrected chi connectivity index (χ3v) is 4.76. The number of carbonyl (C=O) groups excluding carboxylic acids is 1. The molecule has 0 bridgehead atoms. The van der Waals surface area contributed by atoms with Gasteiger partial charge < -0.3 is 10.6 Å². The van der Waals surface area contributed by atoms with Crippen LogP contribution in [-0.2, 0) is 0 Å². The van der Waals surface area contributed by atoms with Crippen molar-refractivity contribution in [2.24, 2.45) is 0 Å². The standard InChI is InChI=1S/C19H20N6O/c20-19-21-11-15(17(23-19)13-5-2-1-3-6-13)18(26)25-10-4-7-14(12-25)16-8-9-22-24-16/h1-3,5-6,8-9,11,14H,4,7,10,12H2,(H,22,24)(H2,20,21,23). The molecule has 1 fully saturated rings. The lowest BCUT2D eigenvalue weighted by Crippen LogP contribution is -2.39. The van der Waals surface area contributed by atoms with Gasteiger partial charge in [0.05, 0.1) is 11.3 Å². The van der Waals surface area contributed by atoms with Crippen LogP contribution in [0, 0.1) is 0 Å². The average molecular weight is 348 g/mol. The van der Waals surface area contributed by atoms with E-state index in [2.05, 4.69) is 20.2 Å². The number of carbonyl (C=O) groups is 1. The van der Waals surface area contributed by atoms with E-state index in [1.54, 1.807) is 6.20 Å². The fourth-order valence-corrected chi connectivity index (χ4v) is 3.45. The van der Waals surface area contributed by atoms with Gasteiger partial charge in [0.1, 0.15) is 0 Å². The second kappa shape index (κ2) is 6.95. The Morgan fingerprint density at radius 1 is 1.23 bits per heavy atom. The summed E-state index contributed by atoms with van der Waals surface area (Å²) in [6.45, 7) is 1.38. The highest BCUT2D eigenvalue weighted by Gasteiger charge is 2.28. The Bertz CT molecular complexity index is 894. The Morgan fingerprint density at radius 2 is 2.08 bits per heavy atom. The van der Waals surface area contributed by atoms with Crippen LogP contribution in [0.3, 0.4) is 0 Å². The first-order valence-electron chi connectivity index (χ1n) is 8.69. The molecule has 7 heteroatoms. The van der Waals surface area contributed by atoms with Crippen LogP contribution in [0.25, 0.3) is 11.3 Å². The van der Waals surface area contributed by atoms with E-state index < -0.39 is 0 Å². The number of aromatic nitrogens is 4. The summed E-state index contributed by atoms with van der Waals surface area (Å²) >= 11 is 0. The van der Waals surface area contributed by atoms with Crippen LogP contribution < -0.4 is 5.73 Å². The number of aromatic amines is 1. The van der Waals surface area contributed by atoms with E-state index in [4.69, 9.17) is 5.73 Å². The molecule has 0 radical (unpaired) electrons. The first-order chi connectivity index (χ1) is 12.7. The first-order valence-corrected chi connectivity index (χ1v) is 8.69. The molecule has 0 aliphatic carbocycles. The predicted octanol–water partition coefficient (Wildman–Crippen LogP) is 2.47. The summed E-state index contributed by atoms with van der Waals surface area (Å²) in [7, 11) is 0. The first kappa shape index (κ1) is 16.3. The number of likely N-dealkylation sites (tertiary alicyclic amines) is 1. The smallest absolute Gasteiger partial charge is 0.257 e. The third kappa shape index (κ3) is 3.15. The summed E-state index contributed by atoms with van der Waals surface area (Å²) < 4.78 is 0. The van der Waals surface area contributed by atoms with Crippen LogP contribution in [0.5, 0.6) is 0 Å². The Balaban J connectivity index is 1.64. The van der Waals surface area contributed by atoms with Crippen LogP contribution >= 0.6 is 0 Å². The van der Waals surface area contributed by atoms with Crippen molar-refractivity contribution < 1.29 is 4.79 Å². The molecule has 4 rings (SSSR count). The Kier molecular flexibility index (Phi) is 4.35. The van der Waals surface area contributed by atoms with Crippen LogP contribution in [0.15, 0.2) is 48.8 Å². The lowest BCUT2D eigenvalue weighted by Gasteiger charge is -2.32. The zero-order chi connectivity index (χ0) is 17.9. The molecule has 1 aliphatic rings. The number of rotatable bonds is 3.